The Hall–Kier alpha value is -2.24. The Morgan fingerprint density at radius 2 is 1.85 bits per heavy atom. The van der Waals surface area contributed by atoms with Gasteiger partial charge in [0.15, 0.2) is 11.5 Å². The number of nitrogens with one attached hydrogen (secondary N) is 2. The Morgan fingerprint density at radius 3 is 2.56 bits per heavy atom. The highest BCUT2D eigenvalue weighted by Crippen LogP contribution is 2.31. The molecule has 0 radical (unpaired) electrons. The van der Waals surface area contributed by atoms with Crippen molar-refractivity contribution in [3.63, 3.8) is 0 Å². The second-order valence-electron chi connectivity index (χ2n) is 6.45. The number of carbonyl (C=O) groups is 1. The lowest BCUT2D eigenvalue weighted by molar-refractivity contribution is -0.122. The molecule has 2 aromatic rings. The zero-order valence-electron chi connectivity index (χ0n) is 15.7. The highest BCUT2D eigenvalue weighted by Gasteiger charge is 2.29. The van der Waals surface area contributed by atoms with Gasteiger partial charge in [-0.05, 0) is 36.5 Å². The molecule has 27 heavy (non-hydrogen) atoms. The lowest BCUT2D eigenvalue weighted by Gasteiger charge is -2.16. The summed E-state index contributed by atoms with van der Waals surface area (Å²) in [5.74, 6) is 1.50. The molecule has 0 aromatic heterocycles. The quantitative estimate of drug-likeness (QED) is 0.761. The van der Waals surface area contributed by atoms with Crippen LogP contribution >= 0.6 is 12.4 Å². The molecule has 146 valence electrons. The molecule has 1 fully saturated rings. The summed E-state index contributed by atoms with van der Waals surface area (Å²) in [4.78, 5) is 12.5. The third-order valence-electron chi connectivity index (χ3n) is 4.84. The fraction of sp³-hybridized carbons (Fsp3) is 0.381. The van der Waals surface area contributed by atoms with Crippen molar-refractivity contribution in [2.24, 2.45) is 0 Å². The first-order chi connectivity index (χ1) is 12.7. The van der Waals surface area contributed by atoms with Crippen LogP contribution in [0.4, 0.5) is 0 Å². The number of hydrogen-bond donors (Lipinski definition) is 2. The molecule has 2 atom stereocenters. The first-order valence-corrected chi connectivity index (χ1v) is 9.01. The maximum absolute atomic E-state index is 12.5. The van der Waals surface area contributed by atoms with Crippen molar-refractivity contribution in [3.05, 3.63) is 59.7 Å². The van der Waals surface area contributed by atoms with E-state index < -0.39 is 0 Å². The monoisotopic (exact) mass is 390 g/mol. The number of halogens is 1. The van der Waals surface area contributed by atoms with Crippen LogP contribution in [-0.2, 0) is 11.2 Å². The standard InChI is InChI=1S/C21H26N2O3.ClH/c1-25-19-10-6-9-16(20(19)26-2)13-14-22-21(24)18-12-11-17(23-18)15-7-4-3-5-8-15;/h3-10,17-18,23H,11-14H2,1-2H3,(H,22,24);1H/t17-,18-;/m1./s1. The summed E-state index contributed by atoms with van der Waals surface area (Å²) < 4.78 is 10.8. The number of rotatable bonds is 7. The van der Waals surface area contributed by atoms with Gasteiger partial charge < -0.3 is 14.8 Å². The third kappa shape index (κ3) is 5.15. The van der Waals surface area contributed by atoms with Gasteiger partial charge in [0.05, 0.1) is 20.3 Å². The lowest BCUT2D eigenvalue weighted by Crippen LogP contribution is -2.41. The Morgan fingerprint density at radius 1 is 1.07 bits per heavy atom. The van der Waals surface area contributed by atoms with E-state index in [9.17, 15) is 4.79 Å². The fourth-order valence-electron chi connectivity index (χ4n) is 3.49. The van der Waals surface area contributed by atoms with Crippen molar-refractivity contribution < 1.29 is 14.3 Å². The predicted molar refractivity (Wildman–Crippen MR) is 109 cm³/mol. The summed E-state index contributed by atoms with van der Waals surface area (Å²) in [6.07, 6.45) is 2.53. The van der Waals surface area contributed by atoms with Crippen molar-refractivity contribution in [1.82, 2.24) is 10.6 Å². The molecule has 1 saturated heterocycles. The molecule has 0 bridgehead atoms. The van der Waals surface area contributed by atoms with Crippen molar-refractivity contribution in [3.8, 4) is 11.5 Å². The number of para-hydroxylation sites is 1. The molecule has 3 rings (SSSR count). The van der Waals surface area contributed by atoms with Crippen LogP contribution in [0.2, 0.25) is 0 Å². The molecule has 6 heteroatoms. The average molecular weight is 391 g/mol. The molecule has 0 unspecified atom stereocenters. The van der Waals surface area contributed by atoms with E-state index in [1.54, 1.807) is 14.2 Å². The van der Waals surface area contributed by atoms with E-state index in [2.05, 4.69) is 22.8 Å². The van der Waals surface area contributed by atoms with Gasteiger partial charge in [0, 0.05) is 12.6 Å². The lowest BCUT2D eigenvalue weighted by atomic mass is 10.1. The SMILES string of the molecule is COc1cccc(CCNC(=O)[C@H]2CC[C@H](c3ccccc3)N2)c1OC.Cl. The van der Waals surface area contributed by atoms with Crippen LogP contribution in [0.1, 0.15) is 30.0 Å². The normalized spacial score (nSPS) is 18.4. The summed E-state index contributed by atoms with van der Waals surface area (Å²) in [7, 11) is 3.25. The number of ether oxygens (including phenoxy) is 2. The topological polar surface area (TPSA) is 59.6 Å². The highest BCUT2D eigenvalue weighted by molar-refractivity contribution is 5.85. The molecule has 1 aliphatic heterocycles. The Balaban J connectivity index is 0.00000261. The van der Waals surface area contributed by atoms with Gasteiger partial charge in [-0.1, -0.05) is 42.5 Å². The van der Waals surface area contributed by atoms with E-state index in [0.29, 0.717) is 18.7 Å². The van der Waals surface area contributed by atoms with Gasteiger partial charge in [-0.25, -0.2) is 0 Å². The molecule has 0 spiro atoms. The Bertz CT molecular complexity index is 739. The summed E-state index contributed by atoms with van der Waals surface area (Å²) in [6.45, 7) is 0.566. The first kappa shape index (κ1) is 21.1. The van der Waals surface area contributed by atoms with E-state index in [4.69, 9.17) is 9.47 Å². The molecule has 1 amide bonds. The second-order valence-corrected chi connectivity index (χ2v) is 6.45. The molecule has 1 heterocycles. The molecular formula is C21H27ClN2O3. The summed E-state index contributed by atoms with van der Waals surface area (Å²) in [6, 6.07) is 16.2. The average Bonchev–Trinajstić information content (AvgIpc) is 3.18. The molecular weight excluding hydrogens is 364 g/mol. The van der Waals surface area contributed by atoms with Crippen LogP contribution in [0.15, 0.2) is 48.5 Å². The number of carbonyl (C=O) groups excluding carboxylic acids is 1. The zero-order valence-corrected chi connectivity index (χ0v) is 16.6. The Labute approximate surface area is 166 Å². The minimum Gasteiger partial charge on any atom is -0.493 e. The van der Waals surface area contributed by atoms with Crippen LogP contribution in [-0.4, -0.2) is 32.7 Å². The van der Waals surface area contributed by atoms with E-state index >= 15 is 0 Å². The number of benzene rings is 2. The van der Waals surface area contributed by atoms with Crippen LogP contribution in [0.3, 0.4) is 0 Å². The summed E-state index contributed by atoms with van der Waals surface area (Å²) >= 11 is 0. The minimum atomic E-state index is -0.132. The molecule has 1 aliphatic rings. The Kier molecular flexibility index (Phi) is 7.95. The summed E-state index contributed by atoms with van der Waals surface area (Å²) in [5.41, 5.74) is 2.26. The van der Waals surface area contributed by atoms with Gasteiger partial charge in [-0.15, -0.1) is 12.4 Å². The molecule has 2 aromatic carbocycles. The van der Waals surface area contributed by atoms with Gasteiger partial charge in [-0.3, -0.25) is 10.1 Å². The second kappa shape index (κ2) is 10.2. The van der Waals surface area contributed by atoms with Gasteiger partial charge in [0.1, 0.15) is 0 Å². The molecule has 2 N–H and O–H groups in total. The van der Waals surface area contributed by atoms with Crippen molar-refractivity contribution in [2.75, 3.05) is 20.8 Å². The van der Waals surface area contributed by atoms with Gasteiger partial charge >= 0.3 is 0 Å². The zero-order chi connectivity index (χ0) is 18.4. The smallest absolute Gasteiger partial charge is 0.237 e. The van der Waals surface area contributed by atoms with Crippen LogP contribution in [0.25, 0.3) is 0 Å². The maximum Gasteiger partial charge on any atom is 0.237 e. The molecule has 0 saturated carbocycles. The van der Waals surface area contributed by atoms with E-state index in [1.807, 2.05) is 36.4 Å². The third-order valence-corrected chi connectivity index (χ3v) is 4.84. The number of methoxy groups -OCH3 is 2. The highest BCUT2D eigenvalue weighted by atomic mass is 35.5. The predicted octanol–water partition coefficient (Wildman–Crippen LogP) is 3.28. The largest absolute Gasteiger partial charge is 0.493 e. The van der Waals surface area contributed by atoms with Crippen LogP contribution < -0.4 is 20.1 Å². The minimum absolute atomic E-state index is 0. The van der Waals surface area contributed by atoms with Crippen molar-refractivity contribution >= 4 is 18.3 Å². The first-order valence-electron chi connectivity index (χ1n) is 9.01. The maximum atomic E-state index is 12.5. The van der Waals surface area contributed by atoms with Crippen LogP contribution in [0.5, 0.6) is 11.5 Å². The summed E-state index contributed by atoms with van der Waals surface area (Å²) in [5, 5.41) is 6.48. The number of amides is 1. The van der Waals surface area contributed by atoms with Gasteiger partial charge in [0.25, 0.3) is 0 Å². The molecule has 5 nitrogen and oxygen atoms in total. The van der Waals surface area contributed by atoms with E-state index in [-0.39, 0.29) is 30.4 Å². The van der Waals surface area contributed by atoms with Gasteiger partial charge in [0.2, 0.25) is 5.91 Å². The number of hydrogen-bond acceptors (Lipinski definition) is 4. The van der Waals surface area contributed by atoms with Crippen molar-refractivity contribution in [2.45, 2.75) is 31.3 Å². The van der Waals surface area contributed by atoms with E-state index in [0.717, 1.165) is 24.2 Å². The molecule has 0 aliphatic carbocycles. The van der Waals surface area contributed by atoms with Crippen LogP contribution in [0, 0.1) is 0 Å². The fourth-order valence-corrected chi connectivity index (χ4v) is 3.49. The van der Waals surface area contributed by atoms with Crippen molar-refractivity contribution in [1.29, 1.82) is 0 Å². The van der Waals surface area contributed by atoms with E-state index in [1.165, 1.54) is 5.56 Å². The van der Waals surface area contributed by atoms with Gasteiger partial charge in [-0.2, -0.15) is 0 Å².